The Morgan fingerprint density at radius 3 is 1.96 bits per heavy atom. The molecule has 0 saturated heterocycles. The van der Waals surface area contributed by atoms with Crippen LogP contribution >= 0.6 is 0 Å². The van der Waals surface area contributed by atoms with Gasteiger partial charge in [0, 0.05) is 23.5 Å². The van der Waals surface area contributed by atoms with Gasteiger partial charge in [-0.25, -0.2) is 0 Å². The van der Waals surface area contributed by atoms with Crippen LogP contribution in [0.3, 0.4) is 0 Å². The maximum Gasteiger partial charge on any atom is 0.249 e. The van der Waals surface area contributed by atoms with Crippen LogP contribution < -0.4 is 21.3 Å². The van der Waals surface area contributed by atoms with E-state index in [1.165, 1.54) is 67.6 Å². The van der Waals surface area contributed by atoms with Crippen LogP contribution in [0.4, 0.5) is 11.4 Å². The first kappa shape index (κ1) is 33.9. The number of fused-ring (bicyclic) bond motifs is 6. The molecule has 5 aliphatic rings. The molecular weight excluding hydrogens is 651 g/mol. The normalized spacial score (nSPS) is 23.8. The predicted molar refractivity (Wildman–Crippen MR) is 228 cm³/mol. The second kappa shape index (κ2) is 11.0. The summed E-state index contributed by atoms with van der Waals surface area (Å²) in [6.45, 7) is 22.2. The van der Waals surface area contributed by atoms with Crippen molar-refractivity contribution in [2.75, 3.05) is 4.90 Å². The second-order valence-corrected chi connectivity index (χ2v) is 19.9. The van der Waals surface area contributed by atoms with Gasteiger partial charge in [-0.2, -0.15) is 0 Å². The quantitative estimate of drug-likeness (QED) is 0.171. The molecule has 0 N–H and O–H groups in total. The summed E-state index contributed by atoms with van der Waals surface area (Å²) in [5.41, 5.74) is 17.7. The molecule has 0 bridgehead atoms. The Labute approximate surface area is 323 Å². The Morgan fingerprint density at radius 2 is 1.30 bits per heavy atom. The molecule has 270 valence electrons. The fraction of sp³-hybridized carbons (Fsp3) is 0.353. The molecule has 10 rings (SSSR count). The van der Waals surface area contributed by atoms with Crippen molar-refractivity contribution in [2.45, 2.75) is 97.4 Å². The molecule has 0 radical (unpaired) electrons. The lowest BCUT2D eigenvalue weighted by atomic mass is 9.29. The molecule has 3 aliphatic carbocycles. The minimum absolute atomic E-state index is 0.0609. The summed E-state index contributed by atoms with van der Waals surface area (Å²) in [4.78, 5) is 8.38. The number of rotatable bonds is 3. The lowest BCUT2D eigenvalue weighted by Gasteiger charge is -2.51. The van der Waals surface area contributed by atoms with Crippen molar-refractivity contribution in [2.24, 2.45) is 16.7 Å². The van der Waals surface area contributed by atoms with Crippen molar-refractivity contribution in [1.82, 2.24) is 4.98 Å². The van der Waals surface area contributed by atoms with Gasteiger partial charge in [-0.3, -0.25) is 4.98 Å². The highest BCUT2D eigenvalue weighted by atomic mass is 15.2. The molecule has 2 unspecified atom stereocenters. The average Bonchev–Trinajstić information content (AvgIpc) is 3.45. The van der Waals surface area contributed by atoms with Crippen molar-refractivity contribution in [1.29, 1.82) is 0 Å². The molecule has 2 aliphatic heterocycles. The summed E-state index contributed by atoms with van der Waals surface area (Å²) in [5.74, 6) is 0.384. The number of benzene rings is 4. The maximum atomic E-state index is 5.58. The van der Waals surface area contributed by atoms with Crippen molar-refractivity contribution in [3.05, 3.63) is 166 Å². The van der Waals surface area contributed by atoms with E-state index in [1.54, 1.807) is 5.57 Å². The molecular formula is C51H53BN2. The minimum Gasteiger partial charge on any atom is -0.335 e. The van der Waals surface area contributed by atoms with E-state index in [4.69, 9.17) is 4.98 Å². The third kappa shape index (κ3) is 4.39. The number of hydrogen-bond acceptors (Lipinski definition) is 2. The van der Waals surface area contributed by atoms with Gasteiger partial charge in [0.05, 0.1) is 17.2 Å². The largest absolute Gasteiger partial charge is 0.335 e. The first-order valence-electron chi connectivity index (χ1n) is 20.3. The van der Waals surface area contributed by atoms with E-state index in [2.05, 4.69) is 189 Å². The smallest absolute Gasteiger partial charge is 0.249 e. The zero-order valence-electron chi connectivity index (χ0n) is 33.6. The summed E-state index contributed by atoms with van der Waals surface area (Å²) < 4.78 is 0. The van der Waals surface area contributed by atoms with Crippen molar-refractivity contribution in [3.8, 4) is 0 Å². The number of aryl methyl sites for hydroxylation is 1. The molecule has 0 amide bonds. The monoisotopic (exact) mass is 704 g/mol. The van der Waals surface area contributed by atoms with Crippen LogP contribution in [-0.4, -0.2) is 17.7 Å². The number of anilines is 2. The fourth-order valence-electron chi connectivity index (χ4n) is 13.0. The molecule has 3 heterocycles. The molecule has 2 atom stereocenters. The lowest BCUT2D eigenvalue weighted by Crippen LogP contribution is -2.67. The molecule has 0 spiro atoms. The molecule has 5 aromatic rings. The number of pyridine rings is 1. The molecule has 4 aromatic carbocycles. The van der Waals surface area contributed by atoms with Crippen LogP contribution in [0.25, 0.3) is 0 Å². The van der Waals surface area contributed by atoms with Gasteiger partial charge in [0.1, 0.15) is 0 Å². The molecule has 3 heteroatoms. The Morgan fingerprint density at radius 1 is 0.648 bits per heavy atom. The van der Waals surface area contributed by atoms with E-state index in [1.807, 2.05) is 0 Å². The van der Waals surface area contributed by atoms with E-state index in [0.717, 1.165) is 12.1 Å². The highest BCUT2D eigenvalue weighted by Gasteiger charge is 2.57. The van der Waals surface area contributed by atoms with Gasteiger partial charge in [0.2, 0.25) is 6.71 Å². The van der Waals surface area contributed by atoms with Gasteiger partial charge in [-0.1, -0.05) is 175 Å². The molecule has 1 fully saturated rings. The molecule has 2 nitrogen and oxygen atoms in total. The topological polar surface area (TPSA) is 16.1 Å². The van der Waals surface area contributed by atoms with E-state index in [9.17, 15) is 0 Å². The molecule has 1 saturated carbocycles. The van der Waals surface area contributed by atoms with Gasteiger partial charge in [-0.05, 0) is 92.3 Å². The maximum absolute atomic E-state index is 5.58. The molecule has 1 aromatic heterocycles. The summed E-state index contributed by atoms with van der Waals surface area (Å²) in [7, 11) is 0. The van der Waals surface area contributed by atoms with Crippen molar-refractivity contribution in [3.63, 3.8) is 0 Å². The van der Waals surface area contributed by atoms with E-state index < -0.39 is 5.41 Å². The van der Waals surface area contributed by atoms with Crippen molar-refractivity contribution >= 4 is 34.5 Å². The van der Waals surface area contributed by atoms with Gasteiger partial charge < -0.3 is 4.90 Å². The lowest BCUT2D eigenvalue weighted by molar-refractivity contribution is 0.242. The van der Waals surface area contributed by atoms with Gasteiger partial charge in [-0.15, -0.1) is 0 Å². The standard InChI is InChI=1S/C51H53BN2/c1-32-23-24-35-39(27-32)52-40-28-37-38(49(6,7)30-48(37,4)5)29-43(40)54(41-22-16-21-36-44(41)50(8,9)31-47(36,2)3)42-25-26-53-46(45(42)52)51(35,33-17-12-10-13-18-33)34-19-14-11-15-20-34/h10-29,41,44H,30-31H2,1-9H3. The van der Waals surface area contributed by atoms with Crippen molar-refractivity contribution < 1.29 is 0 Å². The SMILES string of the molecule is Cc1ccc2c(c1)B1c3cc4c(cc3N(C3C=CC=C5C3C(C)(C)CC5(C)C)c3ccnc(c31)C2(c1ccccc1)c1ccccc1)C(C)(C)CC4(C)C. The Hall–Kier alpha value is -4.63. The Bertz CT molecular complexity index is 2390. The zero-order chi connectivity index (χ0) is 37.6. The van der Waals surface area contributed by atoms with Crippen LogP contribution in [-0.2, 0) is 16.2 Å². The Balaban J connectivity index is 1.35. The third-order valence-corrected chi connectivity index (χ3v) is 14.4. The van der Waals surface area contributed by atoms with Gasteiger partial charge in [0.15, 0.2) is 0 Å². The van der Waals surface area contributed by atoms with Crippen LogP contribution in [0.2, 0.25) is 0 Å². The van der Waals surface area contributed by atoms with Crippen LogP contribution in [0, 0.1) is 23.7 Å². The highest BCUT2D eigenvalue weighted by Crippen LogP contribution is 2.61. The first-order valence-corrected chi connectivity index (χ1v) is 20.3. The zero-order valence-corrected chi connectivity index (χ0v) is 33.6. The third-order valence-electron chi connectivity index (χ3n) is 14.4. The van der Waals surface area contributed by atoms with Crippen LogP contribution in [0.15, 0.2) is 127 Å². The highest BCUT2D eigenvalue weighted by molar-refractivity contribution is 6.99. The summed E-state index contributed by atoms with van der Waals surface area (Å²) in [6, 6.07) is 37.5. The Kier molecular flexibility index (Phi) is 6.90. The molecule has 54 heavy (non-hydrogen) atoms. The van der Waals surface area contributed by atoms with E-state index in [0.29, 0.717) is 5.92 Å². The average molecular weight is 705 g/mol. The summed E-state index contributed by atoms with van der Waals surface area (Å²) in [5, 5.41) is 0. The summed E-state index contributed by atoms with van der Waals surface area (Å²) >= 11 is 0. The number of hydrogen-bond donors (Lipinski definition) is 0. The predicted octanol–water partition coefficient (Wildman–Crippen LogP) is 9.95. The number of allylic oxidation sites excluding steroid dienone is 2. The number of aromatic nitrogens is 1. The number of nitrogens with zero attached hydrogens (tertiary/aromatic N) is 2. The van der Waals surface area contributed by atoms with Gasteiger partial charge >= 0.3 is 0 Å². The van der Waals surface area contributed by atoms with E-state index in [-0.39, 0.29) is 34.4 Å². The minimum atomic E-state index is -0.587. The summed E-state index contributed by atoms with van der Waals surface area (Å²) in [6.07, 6.45) is 11.8. The second-order valence-electron chi connectivity index (χ2n) is 19.9. The fourth-order valence-corrected chi connectivity index (χ4v) is 13.0. The van der Waals surface area contributed by atoms with Crippen LogP contribution in [0.1, 0.15) is 107 Å². The van der Waals surface area contributed by atoms with Gasteiger partial charge in [0.25, 0.3) is 0 Å². The first-order chi connectivity index (χ1) is 25.7. The van der Waals surface area contributed by atoms with Crippen LogP contribution in [0.5, 0.6) is 0 Å². The van der Waals surface area contributed by atoms with E-state index >= 15 is 0 Å².